The molecule has 0 spiro atoms. The number of aliphatic carboxylic acids is 1. The Bertz CT molecular complexity index is 690. The monoisotopic (exact) mass is 268 g/mol. The number of carboxylic acid groups (broad SMARTS) is 1. The zero-order chi connectivity index (χ0) is 13.3. The highest BCUT2D eigenvalue weighted by molar-refractivity contribution is 7.89. The summed E-state index contributed by atoms with van der Waals surface area (Å²) in [4.78, 5) is 13.5. The van der Waals surface area contributed by atoms with Crippen LogP contribution in [0.15, 0.2) is 35.4 Å². The number of para-hydroxylation sites is 1. The summed E-state index contributed by atoms with van der Waals surface area (Å²) in [6, 6.07) is 6.95. The van der Waals surface area contributed by atoms with Crippen molar-refractivity contribution in [1.82, 2.24) is 9.29 Å². The summed E-state index contributed by atoms with van der Waals surface area (Å²) in [7, 11) is -2.55. The molecule has 96 valence electrons. The molecular weight excluding hydrogens is 256 g/mol. The van der Waals surface area contributed by atoms with E-state index in [0.717, 1.165) is 4.31 Å². The van der Waals surface area contributed by atoms with Gasteiger partial charge in [0, 0.05) is 24.1 Å². The molecule has 0 aliphatic rings. The number of hydrogen-bond acceptors (Lipinski definition) is 3. The molecule has 0 saturated heterocycles. The Morgan fingerprint density at radius 3 is 2.72 bits per heavy atom. The van der Waals surface area contributed by atoms with Crippen molar-refractivity contribution in [3.05, 3.63) is 30.5 Å². The maximum Gasteiger partial charge on any atom is 0.318 e. The molecule has 0 bridgehead atoms. The molecule has 6 nitrogen and oxygen atoms in total. The van der Waals surface area contributed by atoms with Crippen molar-refractivity contribution in [1.29, 1.82) is 0 Å². The molecule has 0 amide bonds. The minimum atomic E-state index is -3.80. The minimum absolute atomic E-state index is 0.0850. The number of benzene rings is 1. The van der Waals surface area contributed by atoms with Gasteiger partial charge in [-0.2, -0.15) is 4.31 Å². The van der Waals surface area contributed by atoms with Crippen LogP contribution in [0.3, 0.4) is 0 Å². The molecule has 0 radical (unpaired) electrons. The van der Waals surface area contributed by atoms with Gasteiger partial charge in [0.15, 0.2) is 0 Å². The van der Waals surface area contributed by atoms with E-state index >= 15 is 0 Å². The molecule has 0 aliphatic heterocycles. The quantitative estimate of drug-likeness (QED) is 0.861. The SMILES string of the molecule is CN(CC(=O)O)S(=O)(=O)c1c[nH]c2ccccc12. The number of aromatic amines is 1. The molecule has 0 aliphatic carbocycles. The van der Waals surface area contributed by atoms with E-state index in [1.165, 1.54) is 13.2 Å². The van der Waals surface area contributed by atoms with E-state index in [9.17, 15) is 13.2 Å². The average Bonchev–Trinajstić information content (AvgIpc) is 2.72. The van der Waals surface area contributed by atoms with E-state index in [2.05, 4.69) is 4.98 Å². The lowest BCUT2D eigenvalue weighted by atomic mass is 10.2. The first-order chi connectivity index (χ1) is 8.43. The van der Waals surface area contributed by atoms with E-state index in [1.807, 2.05) is 0 Å². The van der Waals surface area contributed by atoms with Crippen molar-refractivity contribution in [3.8, 4) is 0 Å². The number of H-pyrrole nitrogens is 1. The van der Waals surface area contributed by atoms with Crippen molar-refractivity contribution < 1.29 is 18.3 Å². The lowest BCUT2D eigenvalue weighted by Gasteiger charge is -2.13. The Morgan fingerprint density at radius 2 is 2.06 bits per heavy atom. The smallest absolute Gasteiger partial charge is 0.318 e. The lowest BCUT2D eigenvalue weighted by Crippen LogP contribution is -2.31. The highest BCUT2D eigenvalue weighted by atomic mass is 32.2. The van der Waals surface area contributed by atoms with Crippen molar-refractivity contribution >= 4 is 26.9 Å². The molecule has 0 saturated carbocycles. The Hall–Kier alpha value is -1.86. The first kappa shape index (κ1) is 12.6. The normalized spacial score (nSPS) is 12.1. The van der Waals surface area contributed by atoms with Gasteiger partial charge in [0.25, 0.3) is 0 Å². The number of aromatic nitrogens is 1. The number of nitrogens with one attached hydrogen (secondary N) is 1. The van der Waals surface area contributed by atoms with Crippen molar-refractivity contribution in [2.45, 2.75) is 4.90 Å². The Labute approximate surface area is 104 Å². The topological polar surface area (TPSA) is 90.5 Å². The third kappa shape index (κ3) is 2.09. The second kappa shape index (κ2) is 4.43. The van der Waals surface area contributed by atoms with Crippen LogP contribution in [0.1, 0.15) is 0 Å². The lowest BCUT2D eigenvalue weighted by molar-refractivity contribution is -0.137. The van der Waals surface area contributed by atoms with Gasteiger partial charge in [0.2, 0.25) is 10.0 Å². The summed E-state index contributed by atoms with van der Waals surface area (Å²) in [6.07, 6.45) is 1.37. The molecule has 0 unspecified atom stereocenters. The van der Waals surface area contributed by atoms with Crippen LogP contribution in [0.5, 0.6) is 0 Å². The maximum absolute atomic E-state index is 12.2. The molecule has 1 aromatic heterocycles. The third-order valence-corrected chi connectivity index (χ3v) is 4.44. The van der Waals surface area contributed by atoms with Gasteiger partial charge in [-0.3, -0.25) is 4.79 Å². The number of fused-ring (bicyclic) bond motifs is 1. The summed E-state index contributed by atoms with van der Waals surface area (Å²) in [5.74, 6) is -1.19. The van der Waals surface area contributed by atoms with Crippen LogP contribution in [0.25, 0.3) is 10.9 Å². The molecule has 7 heteroatoms. The fourth-order valence-corrected chi connectivity index (χ4v) is 2.98. The number of nitrogens with zero attached hydrogens (tertiary/aromatic N) is 1. The zero-order valence-electron chi connectivity index (χ0n) is 9.62. The van der Waals surface area contributed by atoms with Crippen LogP contribution in [0, 0.1) is 0 Å². The largest absolute Gasteiger partial charge is 0.480 e. The van der Waals surface area contributed by atoms with Crippen molar-refractivity contribution in [2.24, 2.45) is 0 Å². The minimum Gasteiger partial charge on any atom is -0.480 e. The Kier molecular flexibility index (Phi) is 3.10. The first-order valence-corrected chi connectivity index (χ1v) is 6.61. The van der Waals surface area contributed by atoms with E-state index in [0.29, 0.717) is 10.9 Å². The molecule has 18 heavy (non-hydrogen) atoms. The first-order valence-electron chi connectivity index (χ1n) is 5.17. The number of likely N-dealkylation sites (N-methyl/N-ethyl adjacent to an activating group) is 1. The zero-order valence-corrected chi connectivity index (χ0v) is 10.4. The standard InChI is InChI=1S/C11H12N2O4S/c1-13(7-11(14)15)18(16,17)10-6-12-9-5-3-2-4-8(9)10/h2-6,12H,7H2,1H3,(H,14,15). The second-order valence-corrected chi connectivity index (χ2v) is 5.87. The summed E-state index contributed by atoms with van der Waals surface area (Å²) < 4.78 is 25.2. The fourth-order valence-electron chi connectivity index (χ4n) is 1.70. The third-order valence-electron chi connectivity index (χ3n) is 2.60. The van der Waals surface area contributed by atoms with E-state index < -0.39 is 22.5 Å². The van der Waals surface area contributed by atoms with Crippen LogP contribution < -0.4 is 0 Å². The summed E-state index contributed by atoms with van der Waals surface area (Å²) in [5, 5.41) is 9.19. The van der Waals surface area contributed by atoms with Gasteiger partial charge in [0.1, 0.15) is 11.4 Å². The van der Waals surface area contributed by atoms with Gasteiger partial charge in [-0.1, -0.05) is 18.2 Å². The van der Waals surface area contributed by atoms with Crippen LogP contribution in [0.4, 0.5) is 0 Å². The summed E-state index contributed by atoms with van der Waals surface area (Å²) >= 11 is 0. The van der Waals surface area contributed by atoms with Crippen LogP contribution >= 0.6 is 0 Å². The van der Waals surface area contributed by atoms with Crippen LogP contribution in [0.2, 0.25) is 0 Å². The predicted molar refractivity (Wildman–Crippen MR) is 65.8 cm³/mol. The number of rotatable bonds is 4. The average molecular weight is 268 g/mol. The van der Waals surface area contributed by atoms with E-state index in [1.54, 1.807) is 24.3 Å². The molecule has 2 aromatic rings. The number of carbonyl (C=O) groups is 1. The van der Waals surface area contributed by atoms with E-state index in [4.69, 9.17) is 5.11 Å². The van der Waals surface area contributed by atoms with E-state index in [-0.39, 0.29) is 4.90 Å². The molecule has 1 heterocycles. The predicted octanol–water partition coefficient (Wildman–Crippen LogP) is 0.873. The highest BCUT2D eigenvalue weighted by Crippen LogP contribution is 2.24. The van der Waals surface area contributed by atoms with Gasteiger partial charge >= 0.3 is 5.97 Å². The molecule has 0 atom stereocenters. The van der Waals surface area contributed by atoms with Gasteiger partial charge in [-0.15, -0.1) is 0 Å². The Balaban J connectivity index is 2.50. The van der Waals surface area contributed by atoms with Gasteiger partial charge in [-0.25, -0.2) is 8.42 Å². The van der Waals surface area contributed by atoms with Crippen LogP contribution in [-0.4, -0.2) is 42.4 Å². The van der Waals surface area contributed by atoms with Crippen molar-refractivity contribution in [3.63, 3.8) is 0 Å². The number of hydrogen-bond donors (Lipinski definition) is 2. The number of carboxylic acids is 1. The number of sulfonamides is 1. The van der Waals surface area contributed by atoms with Gasteiger partial charge in [-0.05, 0) is 6.07 Å². The Morgan fingerprint density at radius 1 is 1.39 bits per heavy atom. The van der Waals surface area contributed by atoms with Gasteiger partial charge in [0.05, 0.1) is 0 Å². The molecule has 2 rings (SSSR count). The highest BCUT2D eigenvalue weighted by Gasteiger charge is 2.25. The van der Waals surface area contributed by atoms with Crippen LogP contribution in [-0.2, 0) is 14.8 Å². The molecular formula is C11H12N2O4S. The summed E-state index contributed by atoms with van der Waals surface area (Å²) in [5.41, 5.74) is 0.694. The van der Waals surface area contributed by atoms with Gasteiger partial charge < -0.3 is 10.1 Å². The summed E-state index contributed by atoms with van der Waals surface area (Å²) in [6.45, 7) is -0.568. The molecule has 0 fully saturated rings. The maximum atomic E-state index is 12.2. The fraction of sp³-hybridized carbons (Fsp3) is 0.182. The molecule has 1 aromatic carbocycles. The van der Waals surface area contributed by atoms with Crippen molar-refractivity contribution in [2.75, 3.05) is 13.6 Å². The molecule has 2 N–H and O–H groups in total. The second-order valence-electron chi connectivity index (χ2n) is 3.85.